The van der Waals surface area contributed by atoms with E-state index in [1.54, 1.807) is 42.2 Å². The van der Waals surface area contributed by atoms with Crippen molar-refractivity contribution in [3.05, 3.63) is 47.2 Å². The Bertz CT molecular complexity index is 708. The molecule has 0 fully saturated rings. The Morgan fingerprint density at radius 2 is 2.05 bits per heavy atom. The van der Waals surface area contributed by atoms with Gasteiger partial charge in [0, 0.05) is 17.9 Å². The van der Waals surface area contributed by atoms with Crippen molar-refractivity contribution >= 4 is 23.1 Å². The second-order valence-electron chi connectivity index (χ2n) is 4.01. The quantitative estimate of drug-likeness (QED) is 0.683. The van der Waals surface area contributed by atoms with Gasteiger partial charge in [0.25, 0.3) is 0 Å². The largest absolute Gasteiger partial charge is 0.425 e. The van der Waals surface area contributed by atoms with Crippen LogP contribution in [0.25, 0.3) is 11.3 Å². The van der Waals surface area contributed by atoms with Crippen molar-refractivity contribution in [3.8, 4) is 11.3 Å². The Kier molecular flexibility index (Phi) is 3.79. The van der Waals surface area contributed by atoms with E-state index in [-0.39, 0.29) is 5.82 Å². The maximum Gasteiger partial charge on any atom is 0.226 e. The molecule has 0 radical (unpaired) electrons. The molecule has 0 aliphatic rings. The van der Waals surface area contributed by atoms with Gasteiger partial charge >= 0.3 is 0 Å². The van der Waals surface area contributed by atoms with Gasteiger partial charge in [-0.25, -0.2) is 9.37 Å². The molecular formula is C13H10FN3OS2. The number of nitrogens with zero attached hydrogens (tertiary/aromatic N) is 3. The topological polar surface area (TPSA) is 51.8 Å². The van der Waals surface area contributed by atoms with Crippen LogP contribution in [0, 0.1) is 12.7 Å². The zero-order valence-corrected chi connectivity index (χ0v) is 12.2. The first-order valence-electron chi connectivity index (χ1n) is 5.84. The summed E-state index contributed by atoms with van der Waals surface area (Å²) in [6.45, 7) is 1.76. The Morgan fingerprint density at radius 1 is 1.25 bits per heavy atom. The number of thioether (sulfide) groups is 1. The van der Waals surface area contributed by atoms with Gasteiger partial charge < -0.3 is 4.42 Å². The Morgan fingerprint density at radius 3 is 2.75 bits per heavy atom. The van der Waals surface area contributed by atoms with Crippen LogP contribution in [0.1, 0.15) is 11.8 Å². The fourth-order valence-corrected chi connectivity index (χ4v) is 3.27. The highest BCUT2D eigenvalue weighted by molar-refractivity contribution is 8.00. The van der Waals surface area contributed by atoms with Crippen molar-refractivity contribution in [3.63, 3.8) is 0 Å². The SMILES string of the molecule is Cc1nnc(CSc2nc(-c3ccc(F)cc3)cs2)o1. The van der Waals surface area contributed by atoms with Gasteiger partial charge in [0.1, 0.15) is 5.82 Å². The van der Waals surface area contributed by atoms with Crippen molar-refractivity contribution in [1.29, 1.82) is 0 Å². The first kappa shape index (κ1) is 13.3. The van der Waals surface area contributed by atoms with Crippen LogP contribution in [0.3, 0.4) is 0 Å². The smallest absolute Gasteiger partial charge is 0.226 e. The van der Waals surface area contributed by atoms with E-state index in [4.69, 9.17) is 4.42 Å². The van der Waals surface area contributed by atoms with E-state index in [1.165, 1.54) is 12.1 Å². The highest BCUT2D eigenvalue weighted by Gasteiger charge is 2.08. The van der Waals surface area contributed by atoms with E-state index in [0.717, 1.165) is 15.6 Å². The van der Waals surface area contributed by atoms with E-state index in [9.17, 15) is 4.39 Å². The average Bonchev–Trinajstić information content (AvgIpc) is 3.06. The lowest BCUT2D eigenvalue weighted by atomic mass is 10.2. The van der Waals surface area contributed by atoms with Crippen LogP contribution in [-0.4, -0.2) is 15.2 Å². The maximum atomic E-state index is 12.9. The first-order chi connectivity index (χ1) is 9.70. The summed E-state index contributed by atoms with van der Waals surface area (Å²) in [4.78, 5) is 4.50. The molecule has 0 bridgehead atoms. The average molecular weight is 307 g/mol. The van der Waals surface area contributed by atoms with E-state index < -0.39 is 0 Å². The molecular weight excluding hydrogens is 297 g/mol. The van der Waals surface area contributed by atoms with E-state index >= 15 is 0 Å². The van der Waals surface area contributed by atoms with Crippen LogP contribution < -0.4 is 0 Å². The van der Waals surface area contributed by atoms with Gasteiger partial charge in [0.2, 0.25) is 11.8 Å². The van der Waals surface area contributed by atoms with Gasteiger partial charge in [-0.1, -0.05) is 11.8 Å². The van der Waals surface area contributed by atoms with Gasteiger partial charge in [0.15, 0.2) is 4.34 Å². The molecule has 0 amide bonds. The molecule has 0 N–H and O–H groups in total. The van der Waals surface area contributed by atoms with E-state index in [2.05, 4.69) is 15.2 Å². The fourth-order valence-electron chi connectivity index (χ4n) is 1.60. The maximum absolute atomic E-state index is 12.9. The Hall–Kier alpha value is -1.73. The molecule has 0 aliphatic carbocycles. The fraction of sp³-hybridized carbons (Fsp3) is 0.154. The van der Waals surface area contributed by atoms with Gasteiger partial charge in [-0.15, -0.1) is 21.5 Å². The van der Waals surface area contributed by atoms with E-state index in [1.807, 2.05) is 5.38 Å². The molecule has 2 aromatic heterocycles. The number of rotatable bonds is 4. The highest BCUT2D eigenvalue weighted by Crippen LogP contribution is 2.30. The van der Waals surface area contributed by atoms with Crippen LogP contribution in [0.2, 0.25) is 0 Å². The first-order valence-corrected chi connectivity index (χ1v) is 7.70. The minimum Gasteiger partial charge on any atom is -0.425 e. The zero-order valence-electron chi connectivity index (χ0n) is 10.5. The van der Waals surface area contributed by atoms with Crippen LogP contribution in [-0.2, 0) is 5.75 Å². The van der Waals surface area contributed by atoms with Crippen LogP contribution in [0.5, 0.6) is 0 Å². The molecule has 4 nitrogen and oxygen atoms in total. The lowest BCUT2D eigenvalue weighted by molar-refractivity contribution is 0.485. The van der Waals surface area contributed by atoms with Gasteiger partial charge in [-0.05, 0) is 24.3 Å². The third kappa shape index (κ3) is 3.05. The number of hydrogen-bond donors (Lipinski definition) is 0. The monoisotopic (exact) mass is 307 g/mol. The summed E-state index contributed by atoms with van der Waals surface area (Å²) in [7, 11) is 0. The molecule has 3 aromatic rings. The summed E-state index contributed by atoms with van der Waals surface area (Å²) in [6, 6.07) is 6.31. The second kappa shape index (κ2) is 5.72. The number of thiazole rings is 1. The summed E-state index contributed by atoms with van der Waals surface area (Å²) in [5.41, 5.74) is 1.75. The molecule has 0 saturated heterocycles. The number of benzene rings is 1. The molecule has 0 saturated carbocycles. The summed E-state index contributed by atoms with van der Waals surface area (Å²) < 4.78 is 19.1. The number of halogens is 1. The number of aryl methyl sites for hydroxylation is 1. The normalized spacial score (nSPS) is 10.9. The minimum absolute atomic E-state index is 0.245. The summed E-state index contributed by atoms with van der Waals surface area (Å²) in [5, 5.41) is 9.66. The van der Waals surface area contributed by atoms with Crippen molar-refractivity contribution in [2.24, 2.45) is 0 Å². The predicted octanol–water partition coefficient (Wildman–Crippen LogP) is 3.93. The lowest BCUT2D eigenvalue weighted by Gasteiger charge is -1.95. The number of aromatic nitrogens is 3. The predicted molar refractivity (Wildman–Crippen MR) is 76.1 cm³/mol. The molecule has 0 unspecified atom stereocenters. The van der Waals surface area contributed by atoms with Crippen LogP contribution in [0.4, 0.5) is 4.39 Å². The van der Waals surface area contributed by atoms with Gasteiger partial charge in [-0.2, -0.15) is 0 Å². The van der Waals surface area contributed by atoms with Crippen molar-refractivity contribution < 1.29 is 8.81 Å². The summed E-state index contributed by atoms with van der Waals surface area (Å²) in [5.74, 6) is 1.50. The Balaban J connectivity index is 1.69. The van der Waals surface area contributed by atoms with Gasteiger partial charge in [-0.3, -0.25) is 0 Å². The van der Waals surface area contributed by atoms with Crippen molar-refractivity contribution in [2.45, 2.75) is 17.0 Å². The minimum atomic E-state index is -0.245. The Labute approximate surface area is 123 Å². The molecule has 2 heterocycles. The van der Waals surface area contributed by atoms with Gasteiger partial charge in [0.05, 0.1) is 11.4 Å². The molecule has 0 spiro atoms. The lowest BCUT2D eigenvalue weighted by Crippen LogP contribution is -1.81. The second-order valence-corrected chi connectivity index (χ2v) is 6.09. The molecule has 7 heteroatoms. The van der Waals surface area contributed by atoms with Crippen LogP contribution in [0.15, 0.2) is 38.4 Å². The zero-order chi connectivity index (χ0) is 13.9. The standard InChI is InChI=1S/C13H10FN3OS2/c1-8-16-17-12(18-8)7-20-13-15-11(6-19-13)9-2-4-10(14)5-3-9/h2-6H,7H2,1H3. The highest BCUT2D eigenvalue weighted by atomic mass is 32.2. The molecule has 102 valence electrons. The summed E-state index contributed by atoms with van der Waals surface area (Å²) >= 11 is 3.09. The third-order valence-electron chi connectivity index (χ3n) is 2.51. The van der Waals surface area contributed by atoms with Crippen LogP contribution >= 0.6 is 23.1 Å². The molecule has 1 aromatic carbocycles. The van der Waals surface area contributed by atoms with Crippen molar-refractivity contribution in [1.82, 2.24) is 15.2 Å². The van der Waals surface area contributed by atoms with E-state index in [0.29, 0.717) is 17.5 Å². The summed E-state index contributed by atoms with van der Waals surface area (Å²) in [6.07, 6.45) is 0. The van der Waals surface area contributed by atoms with Crippen molar-refractivity contribution in [2.75, 3.05) is 0 Å². The number of hydrogen-bond acceptors (Lipinski definition) is 6. The molecule has 20 heavy (non-hydrogen) atoms. The third-order valence-corrected chi connectivity index (χ3v) is 4.52. The molecule has 3 rings (SSSR count). The molecule has 0 aliphatic heterocycles. The molecule has 0 atom stereocenters.